The molecule has 1 aliphatic rings. The van der Waals surface area contributed by atoms with E-state index in [0.717, 1.165) is 24.8 Å². The second-order valence-corrected chi connectivity index (χ2v) is 6.07. The van der Waals surface area contributed by atoms with E-state index in [4.69, 9.17) is 0 Å². The third-order valence-electron chi connectivity index (χ3n) is 4.20. The summed E-state index contributed by atoms with van der Waals surface area (Å²) in [6.45, 7) is 0. The first-order valence-electron chi connectivity index (χ1n) is 7.95. The summed E-state index contributed by atoms with van der Waals surface area (Å²) in [5.41, 5.74) is 0.0192. The molecule has 0 spiro atoms. The molecule has 1 aromatic carbocycles. The molecule has 1 fully saturated rings. The van der Waals surface area contributed by atoms with Crippen LogP contribution in [0.3, 0.4) is 0 Å². The van der Waals surface area contributed by atoms with Crippen molar-refractivity contribution in [1.29, 1.82) is 0 Å². The molecular formula is C17H21F3N2O2. The number of hydrogen-bond acceptors (Lipinski definition) is 2. The van der Waals surface area contributed by atoms with Crippen LogP contribution in [0.5, 0.6) is 0 Å². The number of rotatable bonds is 4. The highest BCUT2D eigenvalue weighted by atomic mass is 19.4. The van der Waals surface area contributed by atoms with E-state index in [1.807, 2.05) is 0 Å². The lowest BCUT2D eigenvalue weighted by atomic mass is 10.0. The van der Waals surface area contributed by atoms with Crippen LogP contribution in [0.25, 0.3) is 0 Å². The number of nitrogens with one attached hydrogen (secondary N) is 1. The fourth-order valence-electron chi connectivity index (χ4n) is 2.97. The number of carbonyl (C=O) groups excluding carboxylic acids is 2. The Labute approximate surface area is 139 Å². The Bertz CT molecular complexity index is 575. The molecule has 24 heavy (non-hydrogen) atoms. The first-order valence-corrected chi connectivity index (χ1v) is 7.95. The van der Waals surface area contributed by atoms with Crippen molar-refractivity contribution in [2.75, 3.05) is 7.05 Å². The smallest absolute Gasteiger partial charge is 0.353 e. The molecule has 2 atom stereocenters. The third kappa shape index (κ3) is 4.72. The topological polar surface area (TPSA) is 49.4 Å². The fraction of sp³-hybridized carbons (Fsp3) is 0.529. The summed E-state index contributed by atoms with van der Waals surface area (Å²) in [6.07, 6.45) is -2.17. The van der Waals surface area contributed by atoms with Crippen LogP contribution in [0.2, 0.25) is 0 Å². The number of hydrogen-bond donors (Lipinski definition) is 1. The van der Waals surface area contributed by atoms with E-state index in [9.17, 15) is 22.8 Å². The van der Waals surface area contributed by atoms with Crippen LogP contribution in [0.1, 0.15) is 43.7 Å². The summed E-state index contributed by atoms with van der Waals surface area (Å²) < 4.78 is 40.4. The molecule has 2 rings (SSSR count). The molecule has 0 bridgehead atoms. The van der Waals surface area contributed by atoms with Gasteiger partial charge in [-0.3, -0.25) is 9.59 Å². The zero-order chi connectivity index (χ0) is 17.7. The van der Waals surface area contributed by atoms with E-state index in [-0.39, 0.29) is 17.9 Å². The van der Waals surface area contributed by atoms with Gasteiger partial charge in [-0.15, -0.1) is 0 Å². The Balaban J connectivity index is 2.12. The molecule has 1 aliphatic heterocycles. The van der Waals surface area contributed by atoms with Crippen LogP contribution >= 0.6 is 0 Å². The average Bonchev–Trinajstić information content (AvgIpc) is 2.71. The van der Waals surface area contributed by atoms with Gasteiger partial charge in [-0.05, 0) is 18.4 Å². The van der Waals surface area contributed by atoms with Gasteiger partial charge in [-0.25, -0.2) is 0 Å². The van der Waals surface area contributed by atoms with E-state index in [0.29, 0.717) is 12.8 Å². The summed E-state index contributed by atoms with van der Waals surface area (Å²) >= 11 is 0. The molecule has 1 aromatic rings. The molecule has 0 aliphatic carbocycles. The van der Waals surface area contributed by atoms with Gasteiger partial charge in [0.15, 0.2) is 6.04 Å². The van der Waals surface area contributed by atoms with Crippen molar-refractivity contribution < 1.29 is 22.8 Å². The lowest BCUT2D eigenvalue weighted by molar-refractivity contribution is -0.189. The predicted octanol–water partition coefficient (Wildman–Crippen LogP) is 3.20. The Morgan fingerprint density at radius 2 is 1.96 bits per heavy atom. The maximum absolute atomic E-state index is 13.5. The summed E-state index contributed by atoms with van der Waals surface area (Å²) in [7, 11) is 1.16. The minimum absolute atomic E-state index is 0.0192. The van der Waals surface area contributed by atoms with Crippen molar-refractivity contribution in [2.45, 2.75) is 50.4 Å². The van der Waals surface area contributed by atoms with Gasteiger partial charge in [-0.2, -0.15) is 13.2 Å². The Morgan fingerprint density at radius 3 is 2.58 bits per heavy atom. The summed E-state index contributed by atoms with van der Waals surface area (Å²) in [5, 5.41) is 2.71. The van der Waals surface area contributed by atoms with Crippen molar-refractivity contribution in [2.24, 2.45) is 0 Å². The van der Waals surface area contributed by atoms with Crippen LogP contribution in [0, 0.1) is 0 Å². The van der Waals surface area contributed by atoms with Gasteiger partial charge in [0, 0.05) is 25.9 Å². The lowest BCUT2D eigenvalue weighted by Gasteiger charge is -2.31. The molecule has 4 nitrogen and oxygen atoms in total. The normalized spacial score (nSPS) is 20.0. The molecule has 0 radical (unpaired) electrons. The van der Waals surface area contributed by atoms with Gasteiger partial charge >= 0.3 is 6.18 Å². The van der Waals surface area contributed by atoms with Crippen molar-refractivity contribution in [3.8, 4) is 0 Å². The highest BCUT2D eigenvalue weighted by Crippen LogP contribution is 2.37. The van der Waals surface area contributed by atoms with Gasteiger partial charge in [0.2, 0.25) is 11.8 Å². The minimum Gasteiger partial charge on any atom is -0.353 e. The minimum atomic E-state index is -4.57. The standard InChI is InChI=1S/C17H21F3N2O2/c1-22(15(24)11-13-9-5-6-10-14(23)21-13)16(17(18,19)20)12-7-3-2-4-8-12/h2-4,7-8,13,16H,5-6,9-11H2,1H3,(H,21,23)/t13-,16-/m1/s1. The van der Waals surface area contributed by atoms with Gasteiger partial charge in [0.05, 0.1) is 0 Å². The Morgan fingerprint density at radius 1 is 1.29 bits per heavy atom. The Kier molecular flexibility index (Phi) is 5.85. The first-order chi connectivity index (χ1) is 11.3. The van der Waals surface area contributed by atoms with Crippen molar-refractivity contribution in [3.63, 3.8) is 0 Å². The number of halogens is 3. The van der Waals surface area contributed by atoms with Gasteiger partial charge in [0.1, 0.15) is 0 Å². The van der Waals surface area contributed by atoms with E-state index in [2.05, 4.69) is 5.32 Å². The quantitative estimate of drug-likeness (QED) is 0.913. The van der Waals surface area contributed by atoms with Crippen LogP contribution in [-0.4, -0.2) is 36.0 Å². The number of carbonyl (C=O) groups is 2. The molecule has 1 saturated heterocycles. The van der Waals surface area contributed by atoms with Crippen molar-refractivity contribution in [1.82, 2.24) is 10.2 Å². The molecule has 132 valence electrons. The molecular weight excluding hydrogens is 321 g/mol. The molecule has 1 N–H and O–H groups in total. The lowest BCUT2D eigenvalue weighted by Crippen LogP contribution is -2.43. The highest BCUT2D eigenvalue weighted by Gasteiger charge is 2.45. The molecule has 7 heteroatoms. The van der Waals surface area contributed by atoms with Gasteiger partial charge in [0.25, 0.3) is 0 Å². The van der Waals surface area contributed by atoms with E-state index >= 15 is 0 Å². The molecule has 0 unspecified atom stereocenters. The molecule has 1 heterocycles. The summed E-state index contributed by atoms with van der Waals surface area (Å²) in [4.78, 5) is 24.6. The van der Waals surface area contributed by atoms with Crippen LogP contribution in [0.4, 0.5) is 13.2 Å². The zero-order valence-corrected chi connectivity index (χ0v) is 13.5. The van der Waals surface area contributed by atoms with Crippen LogP contribution < -0.4 is 5.32 Å². The number of alkyl halides is 3. The van der Waals surface area contributed by atoms with Crippen molar-refractivity contribution >= 4 is 11.8 Å². The number of nitrogens with zero attached hydrogens (tertiary/aromatic N) is 1. The van der Waals surface area contributed by atoms with Gasteiger partial charge < -0.3 is 10.2 Å². The average molecular weight is 342 g/mol. The van der Waals surface area contributed by atoms with E-state index < -0.39 is 24.2 Å². The van der Waals surface area contributed by atoms with E-state index in [1.165, 1.54) is 24.3 Å². The van der Waals surface area contributed by atoms with Crippen molar-refractivity contribution in [3.05, 3.63) is 35.9 Å². The number of benzene rings is 1. The second-order valence-electron chi connectivity index (χ2n) is 6.07. The van der Waals surface area contributed by atoms with Crippen LogP contribution in [0.15, 0.2) is 30.3 Å². The van der Waals surface area contributed by atoms with Crippen LogP contribution in [-0.2, 0) is 9.59 Å². The first kappa shape index (κ1) is 18.3. The number of amides is 2. The molecule has 2 amide bonds. The SMILES string of the molecule is CN(C(=O)C[C@H]1CCCCC(=O)N1)[C@H](c1ccccc1)C(F)(F)F. The van der Waals surface area contributed by atoms with E-state index in [1.54, 1.807) is 6.07 Å². The summed E-state index contributed by atoms with van der Waals surface area (Å²) in [6, 6.07) is 4.97. The largest absolute Gasteiger partial charge is 0.413 e. The fourth-order valence-corrected chi connectivity index (χ4v) is 2.97. The molecule has 0 saturated carbocycles. The third-order valence-corrected chi connectivity index (χ3v) is 4.20. The van der Waals surface area contributed by atoms with Gasteiger partial charge in [-0.1, -0.05) is 36.8 Å². The predicted molar refractivity (Wildman–Crippen MR) is 83.0 cm³/mol. The maximum atomic E-state index is 13.5. The highest BCUT2D eigenvalue weighted by molar-refractivity contribution is 5.80. The monoisotopic (exact) mass is 342 g/mol. The molecule has 0 aromatic heterocycles. The summed E-state index contributed by atoms with van der Waals surface area (Å²) in [5.74, 6) is -0.781. The maximum Gasteiger partial charge on any atom is 0.413 e. The zero-order valence-electron chi connectivity index (χ0n) is 13.5. The Hall–Kier alpha value is -2.05. The second kappa shape index (κ2) is 7.68.